The molecular weight excluding hydrogens is 795 g/mol. The van der Waals surface area contributed by atoms with Gasteiger partial charge < -0.3 is 20.0 Å². The summed E-state index contributed by atoms with van der Waals surface area (Å²) in [6.07, 6.45) is 6.97. The van der Waals surface area contributed by atoms with Crippen molar-refractivity contribution in [3.63, 3.8) is 0 Å². The summed E-state index contributed by atoms with van der Waals surface area (Å²) >= 11 is 0. The number of sulfonamides is 1. The molecule has 4 aromatic rings. The van der Waals surface area contributed by atoms with Crippen molar-refractivity contribution < 1.29 is 32.4 Å². The summed E-state index contributed by atoms with van der Waals surface area (Å²) in [5.74, 6) is -3.40. The molecular formula is C46H55N7O7S. The minimum atomic E-state index is -3.94. The first-order valence-electron chi connectivity index (χ1n) is 21.4. The number of benzene rings is 2. The Hall–Kier alpha value is -5.57. The predicted octanol–water partition coefficient (Wildman–Crippen LogP) is 5.36. The van der Waals surface area contributed by atoms with Crippen LogP contribution in [0.3, 0.4) is 0 Å². The third-order valence-electron chi connectivity index (χ3n) is 13.1. The number of nitrogens with zero attached hydrogens (tertiary/aromatic N) is 5. The van der Waals surface area contributed by atoms with Gasteiger partial charge in [0.15, 0.2) is 0 Å². The van der Waals surface area contributed by atoms with Crippen LogP contribution < -0.4 is 10.0 Å². The van der Waals surface area contributed by atoms with Crippen LogP contribution in [0.25, 0.3) is 21.8 Å². The summed E-state index contributed by atoms with van der Waals surface area (Å²) in [6, 6.07) is 18.5. The molecule has 4 heterocycles. The second-order valence-electron chi connectivity index (χ2n) is 18.2. The third-order valence-corrected chi connectivity index (χ3v) is 14.9. The summed E-state index contributed by atoms with van der Waals surface area (Å²) in [4.78, 5) is 82.4. The molecule has 2 aliphatic heterocycles. The van der Waals surface area contributed by atoms with Crippen LogP contribution in [0.1, 0.15) is 77.8 Å². The molecule has 2 unspecified atom stereocenters. The molecule has 2 N–H and O–H groups in total. The fourth-order valence-corrected chi connectivity index (χ4v) is 10.6. The van der Waals surface area contributed by atoms with Crippen molar-refractivity contribution in [2.45, 2.75) is 102 Å². The highest BCUT2D eigenvalue weighted by atomic mass is 32.2. The number of carbonyl (C=O) groups is 5. The van der Waals surface area contributed by atoms with Crippen molar-refractivity contribution >= 4 is 61.5 Å². The number of hydrogen-bond acceptors (Lipinski definition) is 8. The molecule has 5 amide bonds. The molecule has 15 heteroatoms. The van der Waals surface area contributed by atoms with E-state index in [-0.39, 0.29) is 44.3 Å². The Bertz CT molecular complexity index is 2440. The van der Waals surface area contributed by atoms with Gasteiger partial charge in [-0.05, 0) is 74.6 Å². The van der Waals surface area contributed by atoms with E-state index >= 15 is 9.59 Å². The fraction of sp³-hybridized carbons (Fsp3) is 0.478. The zero-order chi connectivity index (χ0) is 43.3. The van der Waals surface area contributed by atoms with Gasteiger partial charge >= 0.3 is 6.03 Å². The van der Waals surface area contributed by atoms with Crippen LogP contribution in [0.15, 0.2) is 85.6 Å². The van der Waals surface area contributed by atoms with Crippen LogP contribution in [-0.2, 0) is 35.7 Å². The predicted molar refractivity (Wildman–Crippen MR) is 231 cm³/mol. The Balaban J connectivity index is 1.17. The quantitative estimate of drug-likeness (QED) is 0.180. The van der Waals surface area contributed by atoms with Crippen molar-refractivity contribution in [1.29, 1.82) is 0 Å². The fourth-order valence-electron chi connectivity index (χ4n) is 9.24. The molecule has 322 valence electrons. The molecule has 14 nitrogen and oxygen atoms in total. The molecule has 2 saturated carbocycles. The number of pyridine rings is 1. The minimum Gasteiger partial charge on any atom is -0.343 e. The van der Waals surface area contributed by atoms with Crippen molar-refractivity contribution in [1.82, 2.24) is 34.3 Å². The zero-order valence-electron chi connectivity index (χ0n) is 35.1. The molecule has 2 saturated heterocycles. The van der Waals surface area contributed by atoms with Gasteiger partial charge in [-0.15, -0.1) is 6.58 Å². The largest absolute Gasteiger partial charge is 0.343 e. The second-order valence-corrected chi connectivity index (χ2v) is 20.2. The summed E-state index contributed by atoms with van der Waals surface area (Å²) in [5, 5.41) is 4.01. The second kappa shape index (κ2) is 16.4. The number of amides is 5. The van der Waals surface area contributed by atoms with Crippen LogP contribution in [0.4, 0.5) is 4.79 Å². The molecule has 61 heavy (non-hydrogen) atoms. The van der Waals surface area contributed by atoms with Gasteiger partial charge in [-0.2, -0.15) is 0 Å². The highest BCUT2D eigenvalue weighted by Crippen LogP contribution is 2.46. The lowest BCUT2D eigenvalue weighted by atomic mass is 9.77. The number of hydrogen-bond donors (Lipinski definition) is 2. The lowest BCUT2D eigenvalue weighted by Crippen LogP contribution is -2.57. The van der Waals surface area contributed by atoms with E-state index in [1.165, 1.54) is 11.0 Å². The molecule has 8 rings (SSSR count). The topological polar surface area (TPSA) is 171 Å². The maximum absolute atomic E-state index is 15.3. The summed E-state index contributed by atoms with van der Waals surface area (Å²) in [7, 11) is -3.94. The zero-order valence-corrected chi connectivity index (χ0v) is 35.9. The maximum atomic E-state index is 15.3. The standard InChI is InChI=1S/C46H55N7O7S/c1-5-30-27-46(30,43(57)49-61(59,60)33-20-21-33)48-41(55)39-25-32(29-52(39)42(56)36(45(2,3)4)26-40(54)50-23-13-6-14-24-50)51(28-31-15-11-12-22-47-31)44(58)53-37-18-9-7-16-34(37)35-17-8-10-19-38(35)53/h5,7-12,15-19,22,30,32-33,36,39H,1,6,13-14,20-21,23-29H2,2-4H3,(H,48,55)(H,49,57)/t30?,32-,36-,39+,46?/m1/s1. The number of rotatable bonds is 12. The molecule has 4 fully saturated rings. The molecule has 2 aromatic carbocycles. The lowest BCUT2D eigenvalue weighted by molar-refractivity contribution is -0.148. The van der Waals surface area contributed by atoms with E-state index in [2.05, 4.69) is 21.6 Å². The molecule has 2 aromatic heterocycles. The van der Waals surface area contributed by atoms with Crippen LogP contribution in [0.2, 0.25) is 0 Å². The average molecular weight is 850 g/mol. The van der Waals surface area contributed by atoms with Gasteiger partial charge in [-0.3, -0.25) is 33.5 Å². The van der Waals surface area contributed by atoms with Gasteiger partial charge in [-0.25, -0.2) is 13.2 Å². The molecule has 0 spiro atoms. The number of nitrogens with one attached hydrogen (secondary N) is 2. The van der Waals surface area contributed by atoms with Crippen molar-refractivity contribution in [2.24, 2.45) is 17.3 Å². The van der Waals surface area contributed by atoms with E-state index in [4.69, 9.17) is 0 Å². The number of para-hydroxylation sites is 2. The van der Waals surface area contributed by atoms with Gasteiger partial charge in [0.05, 0.1) is 40.5 Å². The highest BCUT2D eigenvalue weighted by Gasteiger charge is 2.62. The summed E-state index contributed by atoms with van der Waals surface area (Å²) in [6.45, 7) is 10.8. The smallest absolute Gasteiger partial charge is 0.329 e. The molecule has 2 aliphatic carbocycles. The number of carbonyl (C=O) groups excluding carboxylic acids is 5. The van der Waals surface area contributed by atoms with E-state index in [0.29, 0.717) is 42.7 Å². The number of fused-ring (bicyclic) bond motifs is 3. The first-order chi connectivity index (χ1) is 29.1. The maximum Gasteiger partial charge on any atom is 0.329 e. The van der Waals surface area contributed by atoms with Gasteiger partial charge in [0.25, 0.3) is 5.91 Å². The van der Waals surface area contributed by atoms with Gasteiger partial charge in [0.1, 0.15) is 11.6 Å². The van der Waals surface area contributed by atoms with Crippen LogP contribution >= 0.6 is 0 Å². The van der Waals surface area contributed by atoms with E-state index in [1.54, 1.807) is 21.7 Å². The van der Waals surface area contributed by atoms with Crippen molar-refractivity contribution in [2.75, 3.05) is 19.6 Å². The first kappa shape index (κ1) is 42.1. The van der Waals surface area contributed by atoms with Crippen LogP contribution in [-0.4, -0.2) is 105 Å². The van der Waals surface area contributed by atoms with Crippen molar-refractivity contribution in [3.8, 4) is 0 Å². The average Bonchev–Trinajstić information content (AvgIpc) is 4.16. The van der Waals surface area contributed by atoms with Gasteiger partial charge in [0.2, 0.25) is 27.7 Å². The Morgan fingerprint density at radius 3 is 2.15 bits per heavy atom. The Kier molecular flexibility index (Phi) is 11.3. The number of piperidine rings is 1. The number of aromatic nitrogens is 2. The van der Waals surface area contributed by atoms with Crippen molar-refractivity contribution in [3.05, 3.63) is 91.3 Å². The Morgan fingerprint density at radius 1 is 0.934 bits per heavy atom. The van der Waals surface area contributed by atoms with Crippen LogP contribution in [0, 0.1) is 17.3 Å². The van der Waals surface area contributed by atoms with E-state index in [0.717, 1.165) is 30.0 Å². The summed E-state index contributed by atoms with van der Waals surface area (Å²) in [5.41, 5.74) is -0.296. The monoisotopic (exact) mass is 849 g/mol. The Labute approximate surface area is 356 Å². The molecule has 0 bridgehead atoms. The molecule has 4 aliphatic rings. The normalized spacial score (nSPS) is 23.4. The van der Waals surface area contributed by atoms with Gasteiger partial charge in [-0.1, -0.05) is 69.3 Å². The first-order valence-corrected chi connectivity index (χ1v) is 23.0. The lowest BCUT2D eigenvalue weighted by Gasteiger charge is -2.37. The van der Waals surface area contributed by atoms with E-state index in [1.807, 2.05) is 86.3 Å². The molecule has 0 radical (unpaired) electrons. The third kappa shape index (κ3) is 8.28. The van der Waals surface area contributed by atoms with Crippen LogP contribution in [0.5, 0.6) is 0 Å². The molecule has 5 atom stereocenters. The van der Waals surface area contributed by atoms with E-state index < -0.39 is 67.9 Å². The highest BCUT2D eigenvalue weighted by molar-refractivity contribution is 7.91. The SMILES string of the molecule is C=CC1CC1(NC(=O)[C@@H]1C[C@@H](N(Cc2ccccn2)C(=O)n2c3ccccc3c3ccccc32)CN1C(=O)[C@@H](CC(=O)N1CCCCC1)C(C)(C)C)C(=O)NS(=O)(=O)C1CC1. The van der Waals surface area contributed by atoms with Gasteiger partial charge in [0, 0.05) is 48.9 Å². The number of likely N-dealkylation sites (tertiary alicyclic amines) is 2. The summed E-state index contributed by atoms with van der Waals surface area (Å²) < 4.78 is 29.7. The van der Waals surface area contributed by atoms with E-state index in [9.17, 15) is 22.8 Å². The Morgan fingerprint density at radius 2 is 1.57 bits per heavy atom. The minimum absolute atomic E-state index is 0.00103.